The van der Waals surface area contributed by atoms with Crippen LogP contribution in [0, 0.1) is 5.82 Å². The molecule has 1 fully saturated rings. The second kappa shape index (κ2) is 6.32. The number of nitrogens with zero attached hydrogens (tertiary/aromatic N) is 4. The van der Waals surface area contributed by atoms with Crippen molar-refractivity contribution in [3.8, 4) is 0 Å². The molecule has 1 aliphatic heterocycles. The lowest BCUT2D eigenvalue weighted by Crippen LogP contribution is -2.34. The van der Waals surface area contributed by atoms with Crippen molar-refractivity contribution in [3.63, 3.8) is 0 Å². The van der Waals surface area contributed by atoms with Gasteiger partial charge >= 0.3 is 0 Å². The van der Waals surface area contributed by atoms with Gasteiger partial charge in [0.05, 0.1) is 5.69 Å². The van der Waals surface area contributed by atoms with Crippen molar-refractivity contribution in [2.45, 2.75) is 25.3 Å². The van der Waals surface area contributed by atoms with Crippen molar-refractivity contribution in [3.05, 3.63) is 60.1 Å². The summed E-state index contributed by atoms with van der Waals surface area (Å²) in [7, 11) is 2.02. The smallest absolute Gasteiger partial charge is 0.123 e. The molecule has 3 aromatic rings. The van der Waals surface area contributed by atoms with Crippen molar-refractivity contribution >= 4 is 10.9 Å². The second-order valence-corrected chi connectivity index (χ2v) is 6.63. The van der Waals surface area contributed by atoms with Crippen molar-refractivity contribution in [2.75, 3.05) is 13.1 Å². The standard InChI is InChI=1S/C19H21FN4/c1-23-11-15(17-9-16(20)4-5-19(17)23)13-24-8-2-3-14(12-24)18-10-21-6-7-22-18/h4-7,9-11,14H,2-3,8,12-13H2,1H3/t14-/m1/s1. The van der Waals surface area contributed by atoms with Crippen molar-refractivity contribution in [2.24, 2.45) is 7.05 Å². The van der Waals surface area contributed by atoms with Crippen LogP contribution in [0.1, 0.15) is 30.0 Å². The van der Waals surface area contributed by atoms with Crippen molar-refractivity contribution in [1.29, 1.82) is 0 Å². The van der Waals surface area contributed by atoms with Gasteiger partial charge in [-0.3, -0.25) is 14.9 Å². The summed E-state index contributed by atoms with van der Waals surface area (Å²) in [4.78, 5) is 11.1. The molecule has 0 aliphatic carbocycles. The molecule has 0 amide bonds. The van der Waals surface area contributed by atoms with Gasteiger partial charge in [0, 0.05) is 61.7 Å². The van der Waals surface area contributed by atoms with E-state index in [1.807, 2.05) is 19.3 Å². The van der Waals surface area contributed by atoms with Gasteiger partial charge in [0.25, 0.3) is 0 Å². The Balaban J connectivity index is 1.56. The van der Waals surface area contributed by atoms with E-state index in [2.05, 4.69) is 25.6 Å². The third-order valence-electron chi connectivity index (χ3n) is 4.93. The van der Waals surface area contributed by atoms with Crippen LogP contribution < -0.4 is 0 Å². The van der Waals surface area contributed by atoms with Crippen LogP contribution >= 0.6 is 0 Å². The van der Waals surface area contributed by atoms with Crippen LogP contribution in [0.15, 0.2) is 43.0 Å². The van der Waals surface area contributed by atoms with Crippen LogP contribution in [0.25, 0.3) is 10.9 Å². The normalized spacial score (nSPS) is 19.0. The van der Waals surface area contributed by atoms with Crippen LogP contribution in [0.3, 0.4) is 0 Å². The lowest BCUT2D eigenvalue weighted by molar-refractivity contribution is 0.199. The molecule has 3 heterocycles. The fourth-order valence-corrected chi connectivity index (χ4v) is 3.77. The molecule has 5 heteroatoms. The van der Waals surface area contributed by atoms with Crippen LogP contribution in [0.4, 0.5) is 4.39 Å². The van der Waals surface area contributed by atoms with Gasteiger partial charge in [0.15, 0.2) is 0 Å². The third-order valence-corrected chi connectivity index (χ3v) is 4.93. The van der Waals surface area contributed by atoms with E-state index in [1.54, 1.807) is 18.5 Å². The Bertz CT molecular complexity index is 843. The molecule has 1 aromatic carbocycles. The fraction of sp³-hybridized carbons (Fsp3) is 0.368. The highest BCUT2D eigenvalue weighted by Gasteiger charge is 2.23. The van der Waals surface area contributed by atoms with Crippen LogP contribution in [0.2, 0.25) is 0 Å². The number of hydrogen-bond acceptors (Lipinski definition) is 3. The zero-order valence-corrected chi connectivity index (χ0v) is 13.8. The Morgan fingerprint density at radius 2 is 2.21 bits per heavy atom. The number of hydrogen-bond donors (Lipinski definition) is 0. The van der Waals surface area contributed by atoms with E-state index in [0.29, 0.717) is 5.92 Å². The fourth-order valence-electron chi connectivity index (χ4n) is 3.77. The molecule has 0 saturated carbocycles. The zero-order valence-electron chi connectivity index (χ0n) is 13.8. The topological polar surface area (TPSA) is 34.0 Å². The molecule has 0 spiro atoms. The molecule has 1 aliphatic rings. The number of aryl methyl sites for hydroxylation is 1. The average Bonchev–Trinajstić information content (AvgIpc) is 2.91. The number of rotatable bonds is 3. The Morgan fingerprint density at radius 3 is 3.04 bits per heavy atom. The van der Waals surface area contributed by atoms with E-state index in [0.717, 1.165) is 49.1 Å². The Kier molecular flexibility index (Phi) is 4.02. The van der Waals surface area contributed by atoms with Gasteiger partial charge in [-0.1, -0.05) is 0 Å². The molecule has 24 heavy (non-hydrogen) atoms. The summed E-state index contributed by atoms with van der Waals surface area (Å²) >= 11 is 0. The highest BCUT2D eigenvalue weighted by atomic mass is 19.1. The first kappa shape index (κ1) is 15.3. The number of aromatic nitrogens is 3. The molecule has 0 bridgehead atoms. The molecule has 1 atom stereocenters. The summed E-state index contributed by atoms with van der Waals surface area (Å²) in [5.74, 6) is 0.255. The monoisotopic (exact) mass is 324 g/mol. The van der Waals surface area contributed by atoms with E-state index in [1.165, 1.54) is 11.6 Å². The number of fused-ring (bicyclic) bond motifs is 1. The maximum atomic E-state index is 13.6. The minimum absolute atomic E-state index is 0.175. The molecule has 1 saturated heterocycles. The highest BCUT2D eigenvalue weighted by Crippen LogP contribution is 2.28. The van der Waals surface area contributed by atoms with Crippen LogP contribution in [0.5, 0.6) is 0 Å². The molecule has 0 N–H and O–H groups in total. The summed E-state index contributed by atoms with van der Waals surface area (Å²) < 4.78 is 15.7. The van der Waals surface area contributed by atoms with Gasteiger partial charge in [-0.15, -0.1) is 0 Å². The molecule has 4 nitrogen and oxygen atoms in total. The van der Waals surface area contributed by atoms with Gasteiger partial charge in [-0.25, -0.2) is 4.39 Å². The van der Waals surface area contributed by atoms with E-state index >= 15 is 0 Å². The van der Waals surface area contributed by atoms with Crippen molar-refractivity contribution in [1.82, 2.24) is 19.4 Å². The maximum Gasteiger partial charge on any atom is 0.123 e. The first-order chi connectivity index (χ1) is 11.7. The van der Waals surface area contributed by atoms with Gasteiger partial charge < -0.3 is 4.57 Å². The first-order valence-corrected chi connectivity index (χ1v) is 8.42. The predicted octanol–water partition coefficient (Wildman–Crippen LogP) is 3.49. The van der Waals surface area contributed by atoms with E-state index in [9.17, 15) is 4.39 Å². The zero-order chi connectivity index (χ0) is 16.5. The van der Waals surface area contributed by atoms with Gasteiger partial charge in [0.1, 0.15) is 5.82 Å². The summed E-state index contributed by atoms with van der Waals surface area (Å²) in [5, 5.41) is 1.01. The number of likely N-dealkylation sites (tertiary alicyclic amines) is 1. The van der Waals surface area contributed by atoms with Gasteiger partial charge in [-0.05, 0) is 43.1 Å². The second-order valence-electron chi connectivity index (χ2n) is 6.63. The summed E-state index contributed by atoms with van der Waals surface area (Å²) in [6.07, 6.45) is 9.79. The van der Waals surface area contributed by atoms with E-state index in [-0.39, 0.29) is 5.82 Å². The quantitative estimate of drug-likeness (QED) is 0.739. The third kappa shape index (κ3) is 2.91. The summed E-state index contributed by atoms with van der Waals surface area (Å²) in [6.45, 7) is 2.89. The van der Waals surface area contributed by atoms with E-state index in [4.69, 9.17) is 0 Å². The van der Waals surface area contributed by atoms with Crippen LogP contribution in [-0.4, -0.2) is 32.5 Å². The van der Waals surface area contributed by atoms with E-state index < -0.39 is 0 Å². The molecule has 2 aromatic heterocycles. The molecular weight excluding hydrogens is 303 g/mol. The summed E-state index contributed by atoms with van der Waals surface area (Å²) in [5.41, 5.74) is 3.34. The Morgan fingerprint density at radius 1 is 1.29 bits per heavy atom. The van der Waals surface area contributed by atoms with Crippen molar-refractivity contribution < 1.29 is 4.39 Å². The summed E-state index contributed by atoms with van der Waals surface area (Å²) in [6, 6.07) is 5.03. The minimum atomic E-state index is -0.175. The Labute approximate surface area is 141 Å². The van der Waals surface area contributed by atoms with Crippen LogP contribution in [-0.2, 0) is 13.6 Å². The SMILES string of the molecule is Cn1cc(CN2CCC[C@@H](c3cnccn3)C2)c2cc(F)ccc21. The number of piperidine rings is 1. The molecule has 124 valence electrons. The van der Waals surface area contributed by atoms with Gasteiger partial charge in [0.2, 0.25) is 0 Å². The average molecular weight is 324 g/mol. The Hall–Kier alpha value is -2.27. The molecule has 0 unspecified atom stereocenters. The predicted molar refractivity (Wildman–Crippen MR) is 92.2 cm³/mol. The largest absolute Gasteiger partial charge is 0.350 e. The molecule has 4 rings (SSSR count). The molecule has 0 radical (unpaired) electrons. The number of benzene rings is 1. The highest BCUT2D eigenvalue weighted by molar-refractivity contribution is 5.84. The lowest BCUT2D eigenvalue weighted by atomic mass is 9.94. The minimum Gasteiger partial charge on any atom is -0.350 e. The first-order valence-electron chi connectivity index (χ1n) is 8.42. The lowest BCUT2D eigenvalue weighted by Gasteiger charge is -2.32. The van der Waals surface area contributed by atoms with Gasteiger partial charge in [-0.2, -0.15) is 0 Å². The molecular formula is C19H21FN4. The number of halogens is 1. The maximum absolute atomic E-state index is 13.6.